The lowest BCUT2D eigenvalue weighted by molar-refractivity contribution is -0.147. The number of carbonyl (C=O) groups is 3. The summed E-state index contributed by atoms with van der Waals surface area (Å²) in [6.07, 6.45) is 0.772. The summed E-state index contributed by atoms with van der Waals surface area (Å²) in [6, 6.07) is 8.55. The predicted molar refractivity (Wildman–Crippen MR) is 103 cm³/mol. The van der Waals surface area contributed by atoms with Crippen LogP contribution in [0.3, 0.4) is 0 Å². The Bertz CT molecular complexity index is 837. The van der Waals surface area contributed by atoms with Gasteiger partial charge in [0.15, 0.2) is 18.1 Å². The highest BCUT2D eigenvalue weighted by Gasteiger charge is 2.13. The van der Waals surface area contributed by atoms with Crippen molar-refractivity contribution in [3.63, 3.8) is 0 Å². The Kier molecular flexibility index (Phi) is 6.85. The molecule has 0 radical (unpaired) electrons. The Labute approximate surface area is 165 Å². The number of ether oxygens (including phenoxy) is 3. The SMILES string of the molecule is O=C(COC(=O)CCNC(=O)c1cccs1)Nc1ccc2c(c1)OCCCO2. The third kappa shape index (κ3) is 5.71. The van der Waals surface area contributed by atoms with Gasteiger partial charge in [-0.25, -0.2) is 0 Å². The number of hydrogen-bond donors (Lipinski definition) is 2. The fourth-order valence-electron chi connectivity index (χ4n) is 2.43. The molecule has 0 fully saturated rings. The minimum absolute atomic E-state index is 0.0194. The van der Waals surface area contributed by atoms with Gasteiger partial charge in [0.1, 0.15) is 0 Å². The summed E-state index contributed by atoms with van der Waals surface area (Å²) in [6.45, 7) is 0.860. The van der Waals surface area contributed by atoms with E-state index in [4.69, 9.17) is 14.2 Å². The van der Waals surface area contributed by atoms with Crippen LogP contribution in [0.25, 0.3) is 0 Å². The molecule has 0 saturated heterocycles. The van der Waals surface area contributed by atoms with Crippen molar-refractivity contribution < 1.29 is 28.6 Å². The summed E-state index contributed by atoms with van der Waals surface area (Å²) in [7, 11) is 0. The second kappa shape index (κ2) is 9.75. The Morgan fingerprint density at radius 1 is 1.11 bits per heavy atom. The summed E-state index contributed by atoms with van der Waals surface area (Å²) in [4.78, 5) is 36.0. The molecular formula is C19H20N2O6S. The fourth-order valence-corrected chi connectivity index (χ4v) is 3.07. The smallest absolute Gasteiger partial charge is 0.308 e. The number of amides is 2. The molecule has 1 aliphatic rings. The van der Waals surface area contributed by atoms with Crippen LogP contribution in [0.5, 0.6) is 11.5 Å². The van der Waals surface area contributed by atoms with Crippen LogP contribution in [0, 0.1) is 0 Å². The summed E-state index contributed by atoms with van der Waals surface area (Å²) in [5.41, 5.74) is 0.522. The Morgan fingerprint density at radius 2 is 1.93 bits per heavy atom. The lowest BCUT2D eigenvalue weighted by atomic mass is 10.2. The highest BCUT2D eigenvalue weighted by Crippen LogP contribution is 2.32. The van der Waals surface area contributed by atoms with Crippen molar-refractivity contribution in [2.24, 2.45) is 0 Å². The van der Waals surface area contributed by atoms with Gasteiger partial charge in [-0.2, -0.15) is 0 Å². The second-order valence-corrected chi connectivity index (χ2v) is 6.85. The van der Waals surface area contributed by atoms with Gasteiger partial charge in [-0.05, 0) is 23.6 Å². The van der Waals surface area contributed by atoms with E-state index >= 15 is 0 Å². The number of nitrogens with one attached hydrogen (secondary N) is 2. The minimum atomic E-state index is -0.569. The lowest BCUT2D eigenvalue weighted by Gasteiger charge is -2.10. The van der Waals surface area contributed by atoms with E-state index in [1.165, 1.54) is 11.3 Å². The second-order valence-electron chi connectivity index (χ2n) is 5.90. The molecule has 8 nitrogen and oxygen atoms in total. The summed E-state index contributed by atoms with van der Waals surface area (Å²) < 4.78 is 16.0. The number of rotatable bonds is 7. The third-order valence-corrected chi connectivity index (χ3v) is 4.62. The molecule has 2 aromatic rings. The summed E-state index contributed by atoms with van der Waals surface area (Å²) in [5.74, 6) is -0.0824. The van der Waals surface area contributed by atoms with Crippen LogP contribution >= 0.6 is 11.3 Å². The van der Waals surface area contributed by atoms with Crippen LogP contribution in [0.4, 0.5) is 5.69 Å². The molecule has 0 bridgehead atoms. The van der Waals surface area contributed by atoms with E-state index in [0.717, 1.165) is 6.42 Å². The molecule has 148 valence electrons. The Hall–Kier alpha value is -3.07. The molecule has 2 amide bonds. The first kappa shape index (κ1) is 19.7. The Morgan fingerprint density at radius 3 is 2.71 bits per heavy atom. The van der Waals surface area contributed by atoms with E-state index in [0.29, 0.717) is 35.3 Å². The zero-order chi connectivity index (χ0) is 19.8. The topological polar surface area (TPSA) is 103 Å². The van der Waals surface area contributed by atoms with Gasteiger partial charge in [-0.15, -0.1) is 11.3 Å². The van der Waals surface area contributed by atoms with Gasteiger partial charge in [-0.1, -0.05) is 6.07 Å². The molecule has 0 unspecified atom stereocenters. The summed E-state index contributed by atoms with van der Waals surface area (Å²) >= 11 is 1.32. The van der Waals surface area contributed by atoms with Gasteiger partial charge in [0.25, 0.3) is 11.8 Å². The third-order valence-electron chi connectivity index (χ3n) is 3.76. The molecule has 1 aromatic carbocycles. The normalized spacial score (nSPS) is 12.6. The monoisotopic (exact) mass is 404 g/mol. The first-order valence-corrected chi connectivity index (χ1v) is 9.66. The van der Waals surface area contributed by atoms with Crippen LogP contribution < -0.4 is 20.1 Å². The van der Waals surface area contributed by atoms with Gasteiger partial charge in [-0.3, -0.25) is 14.4 Å². The predicted octanol–water partition coefficient (Wildman–Crippen LogP) is 2.21. The first-order valence-electron chi connectivity index (χ1n) is 8.78. The molecule has 0 saturated carbocycles. The number of fused-ring (bicyclic) bond motifs is 1. The molecule has 0 spiro atoms. The van der Waals surface area contributed by atoms with Gasteiger partial charge < -0.3 is 24.8 Å². The molecular weight excluding hydrogens is 384 g/mol. The van der Waals surface area contributed by atoms with Crippen LogP contribution in [-0.2, 0) is 14.3 Å². The molecule has 0 atom stereocenters. The van der Waals surface area contributed by atoms with Crippen molar-refractivity contribution in [3.05, 3.63) is 40.6 Å². The maximum absolute atomic E-state index is 12.0. The summed E-state index contributed by atoms with van der Waals surface area (Å²) in [5, 5.41) is 7.06. The average molecular weight is 404 g/mol. The zero-order valence-electron chi connectivity index (χ0n) is 15.1. The van der Waals surface area contributed by atoms with E-state index in [9.17, 15) is 14.4 Å². The standard InChI is InChI=1S/C19H20N2O6S/c22-17(21-13-4-5-14-15(11-13)26-9-2-8-25-14)12-27-18(23)6-7-20-19(24)16-3-1-10-28-16/h1,3-5,10-11H,2,6-9,12H2,(H,20,24)(H,21,22). The van der Waals surface area contributed by atoms with E-state index in [-0.39, 0.29) is 18.9 Å². The van der Waals surface area contributed by atoms with E-state index in [1.54, 1.807) is 35.7 Å². The number of carbonyl (C=O) groups excluding carboxylic acids is 3. The van der Waals surface area contributed by atoms with Crippen molar-refractivity contribution in [2.45, 2.75) is 12.8 Å². The maximum Gasteiger partial charge on any atom is 0.308 e. The van der Waals surface area contributed by atoms with Crippen molar-refractivity contribution in [1.82, 2.24) is 5.32 Å². The van der Waals surface area contributed by atoms with Crippen LogP contribution in [-0.4, -0.2) is 44.1 Å². The fraction of sp³-hybridized carbons (Fsp3) is 0.316. The Balaban J connectivity index is 1.37. The van der Waals surface area contributed by atoms with Gasteiger partial charge in [0.05, 0.1) is 24.5 Å². The number of thiophene rings is 1. The number of anilines is 1. The van der Waals surface area contributed by atoms with Crippen LogP contribution in [0.2, 0.25) is 0 Å². The van der Waals surface area contributed by atoms with Crippen LogP contribution in [0.1, 0.15) is 22.5 Å². The van der Waals surface area contributed by atoms with Crippen molar-refractivity contribution in [2.75, 3.05) is 31.7 Å². The van der Waals surface area contributed by atoms with Gasteiger partial charge >= 0.3 is 5.97 Å². The molecule has 1 aliphatic heterocycles. The van der Waals surface area contributed by atoms with E-state index < -0.39 is 18.5 Å². The minimum Gasteiger partial charge on any atom is -0.490 e. The first-order chi connectivity index (χ1) is 13.6. The molecule has 2 N–H and O–H groups in total. The molecule has 9 heteroatoms. The van der Waals surface area contributed by atoms with E-state index in [2.05, 4.69) is 10.6 Å². The van der Waals surface area contributed by atoms with Gasteiger partial charge in [0, 0.05) is 24.7 Å². The van der Waals surface area contributed by atoms with Crippen molar-refractivity contribution in [3.8, 4) is 11.5 Å². The molecule has 3 rings (SSSR count). The van der Waals surface area contributed by atoms with Crippen molar-refractivity contribution >= 4 is 34.8 Å². The number of esters is 1. The number of hydrogen-bond acceptors (Lipinski definition) is 7. The van der Waals surface area contributed by atoms with Crippen molar-refractivity contribution in [1.29, 1.82) is 0 Å². The highest BCUT2D eigenvalue weighted by atomic mass is 32.1. The maximum atomic E-state index is 12.0. The largest absolute Gasteiger partial charge is 0.490 e. The quantitative estimate of drug-likeness (QED) is 0.686. The molecule has 28 heavy (non-hydrogen) atoms. The number of benzene rings is 1. The van der Waals surface area contributed by atoms with Gasteiger partial charge in [0.2, 0.25) is 0 Å². The molecule has 1 aromatic heterocycles. The van der Waals surface area contributed by atoms with E-state index in [1.807, 2.05) is 0 Å². The molecule has 0 aliphatic carbocycles. The lowest BCUT2D eigenvalue weighted by Crippen LogP contribution is -2.27. The average Bonchev–Trinajstić information content (AvgIpc) is 3.13. The van der Waals surface area contributed by atoms with Crippen LogP contribution in [0.15, 0.2) is 35.7 Å². The zero-order valence-corrected chi connectivity index (χ0v) is 15.9. The molecule has 2 heterocycles. The highest BCUT2D eigenvalue weighted by molar-refractivity contribution is 7.12.